The second-order valence-electron chi connectivity index (χ2n) is 1.82. The molecule has 0 saturated carbocycles. The SMILES string of the molecule is CC1C#CCC=CN1. The summed E-state index contributed by atoms with van der Waals surface area (Å²) in [5, 5.41) is 3.09. The number of hydrogen-bond donors (Lipinski definition) is 1. The van der Waals surface area contributed by atoms with Crippen LogP contribution in [0.2, 0.25) is 0 Å². The summed E-state index contributed by atoms with van der Waals surface area (Å²) in [6.45, 7) is 2.04. The van der Waals surface area contributed by atoms with Gasteiger partial charge in [0.2, 0.25) is 0 Å². The lowest BCUT2D eigenvalue weighted by Crippen LogP contribution is -2.16. The first kappa shape index (κ1) is 5.24. The maximum Gasteiger partial charge on any atom is 0.0843 e. The maximum atomic E-state index is 3.09. The third kappa shape index (κ3) is 1.31. The molecule has 0 amide bonds. The van der Waals surface area contributed by atoms with E-state index in [1.165, 1.54) is 0 Å². The first-order valence-corrected chi connectivity index (χ1v) is 2.79. The molecule has 0 aromatic rings. The molecule has 8 heavy (non-hydrogen) atoms. The van der Waals surface area contributed by atoms with E-state index in [9.17, 15) is 0 Å². The molecule has 0 saturated heterocycles. The molecule has 42 valence electrons. The molecule has 0 aromatic heterocycles. The third-order valence-electron chi connectivity index (χ3n) is 1.00. The minimum atomic E-state index is 0.328. The first-order valence-electron chi connectivity index (χ1n) is 2.79. The molecule has 0 bridgehead atoms. The number of rotatable bonds is 0. The van der Waals surface area contributed by atoms with Crippen LogP contribution in [0.5, 0.6) is 0 Å². The fourth-order valence-corrected chi connectivity index (χ4v) is 0.584. The molecule has 1 nitrogen and oxygen atoms in total. The van der Waals surface area contributed by atoms with E-state index in [2.05, 4.69) is 17.2 Å². The molecule has 0 aliphatic carbocycles. The molecule has 1 aliphatic rings. The lowest BCUT2D eigenvalue weighted by Gasteiger charge is -1.98. The largest absolute Gasteiger partial charge is 0.378 e. The van der Waals surface area contributed by atoms with Crippen molar-refractivity contribution in [2.75, 3.05) is 0 Å². The van der Waals surface area contributed by atoms with Crippen LogP contribution in [0.3, 0.4) is 0 Å². The van der Waals surface area contributed by atoms with Crippen LogP contribution in [0.25, 0.3) is 0 Å². The van der Waals surface area contributed by atoms with Gasteiger partial charge in [-0.3, -0.25) is 0 Å². The Hall–Kier alpha value is -0.900. The van der Waals surface area contributed by atoms with E-state index in [4.69, 9.17) is 0 Å². The monoisotopic (exact) mass is 107 g/mol. The van der Waals surface area contributed by atoms with Crippen molar-refractivity contribution >= 4 is 0 Å². The van der Waals surface area contributed by atoms with E-state index in [1.54, 1.807) is 0 Å². The normalized spacial score (nSPS) is 24.9. The molecule has 1 unspecified atom stereocenters. The van der Waals surface area contributed by atoms with Crippen LogP contribution in [-0.4, -0.2) is 6.04 Å². The summed E-state index contributed by atoms with van der Waals surface area (Å²) in [4.78, 5) is 0. The molecule has 1 N–H and O–H groups in total. The predicted molar refractivity (Wildman–Crippen MR) is 34.1 cm³/mol. The number of hydrogen-bond acceptors (Lipinski definition) is 1. The highest BCUT2D eigenvalue weighted by atomic mass is 14.9. The van der Waals surface area contributed by atoms with Gasteiger partial charge in [-0.1, -0.05) is 17.9 Å². The van der Waals surface area contributed by atoms with Crippen molar-refractivity contribution in [1.82, 2.24) is 5.32 Å². The van der Waals surface area contributed by atoms with E-state index >= 15 is 0 Å². The molecule has 1 atom stereocenters. The smallest absolute Gasteiger partial charge is 0.0843 e. The van der Waals surface area contributed by atoms with Crippen molar-refractivity contribution in [2.24, 2.45) is 0 Å². The summed E-state index contributed by atoms with van der Waals surface area (Å²) < 4.78 is 0. The zero-order valence-electron chi connectivity index (χ0n) is 4.94. The fraction of sp³-hybridized carbons (Fsp3) is 0.429. The van der Waals surface area contributed by atoms with Crippen molar-refractivity contribution in [3.63, 3.8) is 0 Å². The Kier molecular flexibility index (Phi) is 1.58. The highest BCUT2D eigenvalue weighted by Crippen LogP contribution is 1.86. The molecule has 1 aliphatic heterocycles. The van der Waals surface area contributed by atoms with Gasteiger partial charge < -0.3 is 5.32 Å². The maximum absolute atomic E-state index is 3.09. The van der Waals surface area contributed by atoms with Gasteiger partial charge in [0.15, 0.2) is 0 Å². The van der Waals surface area contributed by atoms with Gasteiger partial charge in [0.1, 0.15) is 0 Å². The van der Waals surface area contributed by atoms with Crippen molar-refractivity contribution in [3.8, 4) is 11.8 Å². The van der Waals surface area contributed by atoms with Crippen LogP contribution in [0.15, 0.2) is 12.3 Å². The van der Waals surface area contributed by atoms with Crippen LogP contribution in [0.4, 0.5) is 0 Å². The third-order valence-corrected chi connectivity index (χ3v) is 1.00. The van der Waals surface area contributed by atoms with Gasteiger partial charge in [0, 0.05) is 6.42 Å². The summed E-state index contributed by atoms with van der Waals surface area (Å²) in [5.41, 5.74) is 0. The molecule has 1 heterocycles. The molecule has 0 spiro atoms. The Morgan fingerprint density at radius 2 is 2.62 bits per heavy atom. The van der Waals surface area contributed by atoms with Crippen molar-refractivity contribution in [3.05, 3.63) is 12.3 Å². The lowest BCUT2D eigenvalue weighted by molar-refractivity contribution is 0.795. The zero-order chi connectivity index (χ0) is 5.82. The number of allylic oxidation sites excluding steroid dienone is 1. The van der Waals surface area contributed by atoms with Gasteiger partial charge in [0.25, 0.3) is 0 Å². The van der Waals surface area contributed by atoms with Crippen LogP contribution >= 0.6 is 0 Å². The average molecular weight is 107 g/mol. The minimum Gasteiger partial charge on any atom is -0.378 e. The molecule has 0 fully saturated rings. The zero-order valence-corrected chi connectivity index (χ0v) is 4.94. The Morgan fingerprint density at radius 3 is 3.50 bits per heavy atom. The van der Waals surface area contributed by atoms with Crippen LogP contribution in [0.1, 0.15) is 13.3 Å². The van der Waals surface area contributed by atoms with Crippen molar-refractivity contribution in [1.29, 1.82) is 0 Å². The summed E-state index contributed by atoms with van der Waals surface area (Å²) >= 11 is 0. The standard InChI is InChI=1S/C7H9N/c1-7-5-3-2-4-6-8-7/h4,6-8H,2H2,1H3. The highest BCUT2D eigenvalue weighted by molar-refractivity contribution is 5.13. The van der Waals surface area contributed by atoms with Gasteiger partial charge in [-0.25, -0.2) is 0 Å². The van der Waals surface area contributed by atoms with Crippen molar-refractivity contribution < 1.29 is 0 Å². The Morgan fingerprint density at radius 1 is 1.75 bits per heavy atom. The number of nitrogens with one attached hydrogen (secondary N) is 1. The molecular weight excluding hydrogens is 98.1 g/mol. The van der Waals surface area contributed by atoms with Crippen LogP contribution < -0.4 is 5.32 Å². The van der Waals surface area contributed by atoms with Gasteiger partial charge in [0.05, 0.1) is 6.04 Å². The summed E-state index contributed by atoms with van der Waals surface area (Å²) in [6, 6.07) is 0.328. The van der Waals surface area contributed by atoms with Crippen molar-refractivity contribution in [2.45, 2.75) is 19.4 Å². The van der Waals surface area contributed by atoms with Gasteiger partial charge in [-0.05, 0) is 13.1 Å². The lowest BCUT2D eigenvalue weighted by atomic mass is 10.3. The average Bonchev–Trinajstić information content (AvgIpc) is 1.94. The Balaban J connectivity index is 2.55. The summed E-state index contributed by atoms with van der Waals surface area (Å²) in [7, 11) is 0. The molecule has 1 rings (SSSR count). The highest BCUT2D eigenvalue weighted by Gasteiger charge is 1.89. The van der Waals surface area contributed by atoms with E-state index < -0.39 is 0 Å². The van der Waals surface area contributed by atoms with E-state index in [1.807, 2.05) is 19.2 Å². The molecule has 0 radical (unpaired) electrons. The van der Waals surface area contributed by atoms with E-state index in [0.29, 0.717) is 6.04 Å². The van der Waals surface area contributed by atoms with Gasteiger partial charge >= 0.3 is 0 Å². The quantitative estimate of drug-likeness (QED) is 0.453. The second kappa shape index (κ2) is 2.42. The van der Waals surface area contributed by atoms with E-state index in [-0.39, 0.29) is 0 Å². The van der Waals surface area contributed by atoms with Crippen LogP contribution in [-0.2, 0) is 0 Å². The molecule has 0 aromatic carbocycles. The molecule has 1 heteroatoms. The van der Waals surface area contributed by atoms with Crippen LogP contribution in [0, 0.1) is 11.8 Å². The summed E-state index contributed by atoms with van der Waals surface area (Å²) in [5.74, 6) is 6.02. The summed E-state index contributed by atoms with van der Waals surface area (Å²) in [6.07, 6.45) is 4.85. The fourth-order valence-electron chi connectivity index (χ4n) is 0.584. The van der Waals surface area contributed by atoms with Gasteiger partial charge in [-0.15, -0.1) is 0 Å². The second-order valence-corrected chi connectivity index (χ2v) is 1.82. The Labute approximate surface area is 49.8 Å². The molecular formula is C7H9N. The van der Waals surface area contributed by atoms with E-state index in [0.717, 1.165) is 6.42 Å². The first-order chi connectivity index (χ1) is 3.89. The predicted octanol–water partition coefficient (Wildman–Crippen LogP) is 0.885. The Bertz CT molecular complexity index is 148. The van der Waals surface area contributed by atoms with Gasteiger partial charge in [-0.2, -0.15) is 0 Å². The minimum absolute atomic E-state index is 0.328. The topological polar surface area (TPSA) is 12.0 Å².